The van der Waals surface area contributed by atoms with Crippen LogP contribution in [-0.2, 0) is 16.0 Å². The van der Waals surface area contributed by atoms with Crippen LogP contribution in [0.1, 0.15) is 44.6 Å². The number of phenolic OH excluding ortho intramolecular Hbond substituents is 1. The number of alkyl halides is 3. The first kappa shape index (κ1) is 33.2. The van der Waals surface area contributed by atoms with Crippen LogP contribution >= 0.6 is 0 Å². The molecular weight excluding hydrogens is 649 g/mol. The maximum Gasteiger partial charge on any atom is 0.319 e. The molecule has 3 fully saturated rings. The molecule has 0 aliphatic carbocycles. The fraction of sp³-hybridized carbons (Fsp3) is 0.486. The highest BCUT2D eigenvalue weighted by atomic mass is 19.3. The van der Waals surface area contributed by atoms with Gasteiger partial charge in [-0.3, -0.25) is 14.7 Å². The molecule has 14 heteroatoms. The molecule has 49 heavy (non-hydrogen) atoms. The number of aryl methyl sites for hydroxylation is 1. The summed E-state index contributed by atoms with van der Waals surface area (Å²) in [5, 5.41) is 11.4. The van der Waals surface area contributed by atoms with E-state index < -0.39 is 41.7 Å². The Morgan fingerprint density at radius 1 is 1.14 bits per heavy atom. The van der Waals surface area contributed by atoms with Crippen LogP contribution in [0.15, 0.2) is 30.5 Å². The third-order valence-electron chi connectivity index (χ3n) is 9.94. The second-order valence-corrected chi connectivity index (χ2v) is 13.6. The molecule has 7 rings (SSSR count). The van der Waals surface area contributed by atoms with E-state index >= 15 is 8.78 Å². The van der Waals surface area contributed by atoms with Crippen molar-refractivity contribution in [2.24, 2.45) is 5.92 Å². The second kappa shape index (κ2) is 12.8. The Kier molecular flexibility index (Phi) is 8.70. The van der Waals surface area contributed by atoms with Crippen LogP contribution in [0.25, 0.3) is 32.9 Å². The lowest BCUT2D eigenvalue weighted by molar-refractivity contribution is -0.128. The third kappa shape index (κ3) is 6.30. The van der Waals surface area contributed by atoms with Crippen molar-refractivity contribution in [1.82, 2.24) is 19.9 Å². The van der Waals surface area contributed by atoms with E-state index in [1.807, 2.05) is 4.90 Å². The Labute approximate surface area is 279 Å². The van der Waals surface area contributed by atoms with Gasteiger partial charge in [0.2, 0.25) is 0 Å². The van der Waals surface area contributed by atoms with Crippen molar-refractivity contribution in [2.75, 3.05) is 44.3 Å². The van der Waals surface area contributed by atoms with Gasteiger partial charge in [-0.2, -0.15) is 9.97 Å². The summed E-state index contributed by atoms with van der Waals surface area (Å²) in [4.78, 5) is 27.4. The largest absolute Gasteiger partial charge is 0.508 e. The number of piperidine rings is 1. The van der Waals surface area contributed by atoms with Crippen LogP contribution in [0.3, 0.4) is 0 Å². The summed E-state index contributed by atoms with van der Waals surface area (Å²) < 4.78 is 87.2. The molecule has 0 bridgehead atoms. The number of aromatic nitrogens is 3. The number of hydrogen-bond donors (Lipinski definition) is 1. The van der Waals surface area contributed by atoms with Crippen molar-refractivity contribution in [1.29, 1.82) is 0 Å². The lowest BCUT2D eigenvalue weighted by atomic mass is 9.93. The Balaban J connectivity index is 1.36. The highest BCUT2D eigenvalue weighted by Crippen LogP contribution is 2.43. The highest BCUT2D eigenvalue weighted by molar-refractivity contribution is 6.01. The van der Waals surface area contributed by atoms with Crippen LogP contribution in [-0.4, -0.2) is 88.5 Å². The molecule has 9 nitrogen and oxygen atoms in total. The van der Waals surface area contributed by atoms with Crippen LogP contribution in [0.4, 0.5) is 27.8 Å². The topological polar surface area (TPSA) is 101 Å². The van der Waals surface area contributed by atoms with Crippen molar-refractivity contribution >= 4 is 34.0 Å². The first-order valence-electron chi connectivity index (χ1n) is 16.5. The molecule has 5 heterocycles. The van der Waals surface area contributed by atoms with Crippen LogP contribution in [0.2, 0.25) is 0 Å². The lowest BCUT2D eigenvalue weighted by Crippen LogP contribution is -2.47. The molecular formula is C35H36F5N5O4. The van der Waals surface area contributed by atoms with E-state index in [9.17, 15) is 23.1 Å². The summed E-state index contributed by atoms with van der Waals surface area (Å²) in [5.41, 5.74) is -0.779. The number of nitrogens with zero attached hydrogens (tertiary/aromatic N) is 5. The minimum atomic E-state index is -3.02. The average Bonchev–Trinajstić information content (AvgIpc) is 3.57. The molecule has 3 aliphatic rings. The molecule has 3 aliphatic heterocycles. The number of anilines is 1. The van der Waals surface area contributed by atoms with Crippen molar-refractivity contribution in [2.45, 2.75) is 63.1 Å². The predicted molar refractivity (Wildman–Crippen MR) is 172 cm³/mol. The smallest absolute Gasteiger partial charge is 0.319 e. The van der Waals surface area contributed by atoms with Gasteiger partial charge in [-0.05, 0) is 72.7 Å². The second-order valence-electron chi connectivity index (χ2n) is 13.6. The summed E-state index contributed by atoms with van der Waals surface area (Å²) in [6.45, 7) is 2.67. The minimum absolute atomic E-state index is 0.0300. The number of aromatic hydroxyl groups is 1. The lowest BCUT2D eigenvalue weighted by Gasteiger charge is -2.37. The zero-order valence-electron chi connectivity index (χ0n) is 26.9. The van der Waals surface area contributed by atoms with Gasteiger partial charge in [0.25, 0.3) is 12.4 Å². The minimum Gasteiger partial charge on any atom is -0.508 e. The van der Waals surface area contributed by atoms with Gasteiger partial charge in [0.05, 0.1) is 24.1 Å². The van der Waals surface area contributed by atoms with Gasteiger partial charge in [-0.1, -0.05) is 13.0 Å². The number of fused-ring (bicyclic) bond motifs is 3. The van der Waals surface area contributed by atoms with Crippen molar-refractivity contribution in [3.8, 4) is 23.0 Å². The molecule has 0 saturated carbocycles. The fourth-order valence-corrected chi connectivity index (χ4v) is 7.99. The summed E-state index contributed by atoms with van der Waals surface area (Å²) in [5.74, 6) is -5.13. The number of benzene rings is 2. The molecule has 3 atom stereocenters. The quantitative estimate of drug-likeness (QED) is 0.116. The van der Waals surface area contributed by atoms with Crippen molar-refractivity contribution in [3.05, 3.63) is 47.7 Å². The van der Waals surface area contributed by atoms with Gasteiger partial charge in [0, 0.05) is 37.7 Å². The van der Waals surface area contributed by atoms with E-state index in [1.165, 1.54) is 35.4 Å². The van der Waals surface area contributed by atoms with E-state index in [0.29, 0.717) is 30.2 Å². The molecule has 4 aromatic rings. The number of rotatable bonds is 10. The van der Waals surface area contributed by atoms with Crippen LogP contribution in [0.5, 0.6) is 11.8 Å². The maximum atomic E-state index is 16.9. The van der Waals surface area contributed by atoms with Crippen molar-refractivity contribution < 1.29 is 41.3 Å². The van der Waals surface area contributed by atoms with Crippen molar-refractivity contribution in [3.63, 3.8) is 0 Å². The molecule has 1 N–H and O–H groups in total. The summed E-state index contributed by atoms with van der Waals surface area (Å²) in [7, 11) is 0. The summed E-state index contributed by atoms with van der Waals surface area (Å²) in [6.07, 6.45) is 2.24. The Hall–Kier alpha value is -4.33. The fourth-order valence-electron chi connectivity index (χ4n) is 7.99. The van der Waals surface area contributed by atoms with E-state index in [-0.39, 0.29) is 90.7 Å². The number of pyridine rings is 1. The van der Waals surface area contributed by atoms with Gasteiger partial charge >= 0.3 is 6.01 Å². The van der Waals surface area contributed by atoms with E-state index in [1.54, 1.807) is 6.92 Å². The SMILES string of the molecule is CC1CN(c2nc(OC[C@@]34CCCN3C[C@H](F)C4)nc3c(F)c(-c4cc(O)cc5ccc(F)c(CCCOC=O)c45)ncc23)CC(F)(F)C1. The van der Waals surface area contributed by atoms with Gasteiger partial charge < -0.3 is 19.5 Å². The molecule has 3 saturated heterocycles. The normalized spacial score (nSPS) is 23.7. The average molecular weight is 686 g/mol. The molecule has 2 aromatic carbocycles. The number of halogens is 5. The molecule has 260 valence electrons. The number of hydrogen-bond acceptors (Lipinski definition) is 9. The first-order chi connectivity index (χ1) is 23.5. The Bertz CT molecular complexity index is 1910. The van der Waals surface area contributed by atoms with Gasteiger partial charge in [0.1, 0.15) is 41.4 Å². The van der Waals surface area contributed by atoms with Gasteiger partial charge in [-0.25, -0.2) is 22.0 Å². The van der Waals surface area contributed by atoms with E-state index in [0.717, 1.165) is 13.0 Å². The standard InChI is InChI=1S/C35H36F5N5O4/c1-20-12-35(39,40)17-44(15-20)32-26-14-41-30(25-11-23(47)10-21-5-6-27(37)24(28(21)25)4-2-9-48-19-46)29(38)31(26)42-33(43-32)49-18-34-7-3-8-45(34)16-22(36)13-34/h5-6,10-11,14,19-20,22,47H,2-4,7-9,12-13,15-18H2,1H3/t20?,22-,34+/m1/s1. The molecule has 0 radical (unpaired) electrons. The first-order valence-corrected chi connectivity index (χ1v) is 16.5. The summed E-state index contributed by atoms with van der Waals surface area (Å²) in [6, 6.07) is 5.15. The van der Waals surface area contributed by atoms with Crippen LogP contribution < -0.4 is 9.64 Å². The van der Waals surface area contributed by atoms with Gasteiger partial charge in [0.15, 0.2) is 5.82 Å². The van der Waals surface area contributed by atoms with Crippen LogP contribution in [0, 0.1) is 17.6 Å². The number of ether oxygens (including phenoxy) is 2. The maximum absolute atomic E-state index is 16.9. The monoisotopic (exact) mass is 685 g/mol. The molecule has 1 unspecified atom stereocenters. The molecule has 0 spiro atoms. The molecule has 0 amide bonds. The highest BCUT2D eigenvalue weighted by Gasteiger charge is 2.49. The third-order valence-corrected chi connectivity index (χ3v) is 9.94. The Morgan fingerprint density at radius 2 is 1.98 bits per heavy atom. The van der Waals surface area contributed by atoms with Gasteiger partial charge in [-0.15, -0.1) is 0 Å². The summed E-state index contributed by atoms with van der Waals surface area (Å²) >= 11 is 0. The van der Waals surface area contributed by atoms with E-state index in [2.05, 4.69) is 15.0 Å². The Morgan fingerprint density at radius 3 is 2.78 bits per heavy atom. The predicted octanol–water partition coefficient (Wildman–Crippen LogP) is 6.37. The zero-order valence-corrected chi connectivity index (χ0v) is 26.9. The number of carbonyl (C=O) groups excluding carboxylic acids is 1. The zero-order chi connectivity index (χ0) is 34.5. The number of carbonyl (C=O) groups is 1. The van der Waals surface area contributed by atoms with E-state index in [4.69, 9.17) is 9.47 Å². The molecule has 2 aromatic heterocycles. The number of phenols is 1.